The second-order valence-corrected chi connectivity index (χ2v) is 9.08. The fourth-order valence-corrected chi connectivity index (χ4v) is 5.41. The van der Waals surface area contributed by atoms with E-state index in [9.17, 15) is 5.48 Å². The lowest BCUT2D eigenvalue weighted by Crippen LogP contribution is -1.92. The maximum Gasteiger partial charge on any atom is 0.143 e. The maximum atomic E-state index is 9.31. The number of furan rings is 1. The van der Waals surface area contributed by atoms with Gasteiger partial charge in [-0.15, -0.1) is 0 Å². The van der Waals surface area contributed by atoms with E-state index < -0.39 is 78.6 Å². The van der Waals surface area contributed by atoms with E-state index in [1.54, 1.807) is 36.4 Å². The number of hydrogen-bond acceptors (Lipinski definition) is 1. The summed E-state index contributed by atoms with van der Waals surface area (Å²) in [4.78, 5) is 0. The number of rotatable bonds is 3. The molecule has 0 saturated carbocycles. The average Bonchev–Trinajstić information content (AvgIpc) is 3.54. The highest BCUT2D eigenvalue weighted by atomic mass is 16.3. The van der Waals surface area contributed by atoms with Crippen LogP contribution in [-0.2, 0) is 0 Å². The number of para-hydroxylation sites is 2. The fourth-order valence-electron chi connectivity index (χ4n) is 5.41. The lowest BCUT2D eigenvalue weighted by molar-refractivity contribution is 0.670. The minimum Gasteiger partial charge on any atom is -0.455 e. The molecule has 7 aromatic carbocycles. The third-order valence-electron chi connectivity index (χ3n) is 7.01. The Kier molecular flexibility index (Phi) is 2.82. The van der Waals surface area contributed by atoms with Crippen LogP contribution < -0.4 is 0 Å². The van der Waals surface area contributed by atoms with E-state index in [0.717, 1.165) is 5.39 Å². The summed E-state index contributed by atoms with van der Waals surface area (Å²) in [6.07, 6.45) is 0. The third kappa shape index (κ3) is 3.34. The lowest BCUT2D eigenvalue weighted by atomic mass is 9.83. The van der Waals surface area contributed by atoms with Crippen molar-refractivity contribution in [1.82, 2.24) is 0 Å². The van der Waals surface area contributed by atoms with E-state index in [2.05, 4.69) is 0 Å². The first-order valence-electron chi connectivity index (χ1n) is 18.8. The van der Waals surface area contributed by atoms with Crippen molar-refractivity contribution in [3.05, 3.63) is 145 Å². The Morgan fingerprint density at radius 1 is 0.410 bits per heavy atom. The van der Waals surface area contributed by atoms with Gasteiger partial charge in [-0.25, -0.2) is 0 Å². The van der Waals surface area contributed by atoms with Gasteiger partial charge in [0.25, 0.3) is 0 Å². The Morgan fingerprint density at radius 2 is 0.923 bits per heavy atom. The van der Waals surface area contributed by atoms with Crippen LogP contribution in [0, 0.1) is 0 Å². The second-order valence-electron chi connectivity index (χ2n) is 9.08. The molecule has 0 spiro atoms. The molecule has 182 valence electrons. The predicted octanol–water partition coefficient (Wildman–Crippen LogP) is 10.9. The standard InChI is InChI=1S/C38H24O/c1-2-13-25(14-3-1)26-15-4-5-17-28(26)36-29-18-6-8-20-31(29)37(32-21-9-7-19-30(32)36)34-23-12-22-33-27-16-10-11-24-35(27)39-38(33)34/h1-24H/i1D,2D,3D,6D,7D,8D,9D,13D,14D,18D,19D,20D,21D. The molecule has 0 aliphatic carbocycles. The molecule has 1 aromatic heterocycles. The number of hydrogen-bond donors (Lipinski definition) is 0. The van der Waals surface area contributed by atoms with Crippen LogP contribution in [0.25, 0.3) is 76.9 Å². The molecule has 8 aromatic rings. The highest BCUT2D eigenvalue weighted by Crippen LogP contribution is 2.47. The van der Waals surface area contributed by atoms with Crippen molar-refractivity contribution in [3.8, 4) is 33.4 Å². The molecule has 0 N–H and O–H groups in total. The third-order valence-corrected chi connectivity index (χ3v) is 7.01. The summed E-state index contributed by atoms with van der Waals surface area (Å²) in [5, 5.41) is 1.23. The van der Waals surface area contributed by atoms with Crippen LogP contribution in [0.4, 0.5) is 0 Å². The van der Waals surface area contributed by atoms with Gasteiger partial charge < -0.3 is 4.42 Å². The van der Waals surface area contributed by atoms with Crippen LogP contribution in [0.5, 0.6) is 0 Å². The molecule has 39 heavy (non-hydrogen) atoms. The summed E-state index contributed by atoms with van der Waals surface area (Å²) < 4.78 is 121. The van der Waals surface area contributed by atoms with Crippen molar-refractivity contribution in [2.24, 2.45) is 0 Å². The van der Waals surface area contributed by atoms with Crippen molar-refractivity contribution in [2.75, 3.05) is 0 Å². The van der Waals surface area contributed by atoms with Gasteiger partial charge >= 0.3 is 0 Å². The van der Waals surface area contributed by atoms with Crippen molar-refractivity contribution >= 4 is 43.5 Å². The van der Waals surface area contributed by atoms with E-state index >= 15 is 0 Å². The Balaban J connectivity index is 1.69. The summed E-state index contributed by atoms with van der Waals surface area (Å²) in [6, 6.07) is 11.8. The first kappa shape index (κ1) is 12.6. The number of fused-ring (bicyclic) bond motifs is 5. The molecule has 0 amide bonds. The lowest BCUT2D eigenvalue weighted by Gasteiger charge is -2.19. The minimum absolute atomic E-state index is 0.00746. The molecule has 0 radical (unpaired) electrons. The molecule has 1 heterocycles. The Labute approximate surface area is 244 Å². The van der Waals surface area contributed by atoms with Gasteiger partial charge in [0.2, 0.25) is 0 Å². The topological polar surface area (TPSA) is 13.1 Å². The molecular weight excluding hydrogens is 472 g/mol. The maximum absolute atomic E-state index is 9.31. The highest BCUT2D eigenvalue weighted by Gasteiger charge is 2.21. The van der Waals surface area contributed by atoms with Crippen LogP contribution in [0.3, 0.4) is 0 Å². The molecule has 0 saturated heterocycles. The van der Waals surface area contributed by atoms with Crippen molar-refractivity contribution < 1.29 is 22.2 Å². The van der Waals surface area contributed by atoms with E-state index in [4.69, 9.17) is 16.8 Å². The highest BCUT2D eigenvalue weighted by molar-refractivity contribution is 6.24. The molecule has 0 aliphatic heterocycles. The van der Waals surface area contributed by atoms with Gasteiger partial charge in [-0.05, 0) is 49.9 Å². The first-order chi connectivity index (χ1) is 24.8. The zero-order valence-corrected chi connectivity index (χ0v) is 20.3. The molecule has 0 unspecified atom stereocenters. The Hall–Kier alpha value is -5.14. The van der Waals surface area contributed by atoms with E-state index in [-0.39, 0.29) is 49.4 Å². The molecule has 0 bridgehead atoms. The zero-order chi connectivity index (χ0) is 37.1. The average molecular weight is 510 g/mol. The SMILES string of the molecule is [2H]c1c([2H])c([2H])c(-c2ccccc2-c2c3c([2H])c([2H])c([2H])c([2H])c3c(-c3cccc4c3oc3ccccc34)c3c([2H])c([2H])c([2H])c([2H])c23)c([2H])c1[2H]. The van der Waals surface area contributed by atoms with Gasteiger partial charge in [0, 0.05) is 21.9 Å². The van der Waals surface area contributed by atoms with Gasteiger partial charge in [0.1, 0.15) is 11.2 Å². The smallest absolute Gasteiger partial charge is 0.143 e. The minimum atomic E-state index is -0.598. The first-order valence-corrected chi connectivity index (χ1v) is 12.3. The van der Waals surface area contributed by atoms with E-state index in [1.807, 2.05) is 24.3 Å². The molecule has 0 fully saturated rings. The molecule has 0 aliphatic rings. The van der Waals surface area contributed by atoms with Crippen LogP contribution in [0.1, 0.15) is 17.8 Å². The molecule has 1 nitrogen and oxygen atoms in total. The summed E-state index contributed by atoms with van der Waals surface area (Å²) in [7, 11) is 0. The normalized spacial score (nSPS) is 16.3. The van der Waals surface area contributed by atoms with Gasteiger partial charge in [-0.1, -0.05) is 139 Å². The van der Waals surface area contributed by atoms with Crippen LogP contribution in [0.2, 0.25) is 0 Å². The summed E-state index contributed by atoms with van der Waals surface area (Å²) in [5.41, 5.74) is 1.40. The molecular formula is C38H24O. The largest absolute Gasteiger partial charge is 0.455 e. The monoisotopic (exact) mass is 509 g/mol. The van der Waals surface area contributed by atoms with Gasteiger partial charge in [0.05, 0.1) is 17.8 Å². The predicted molar refractivity (Wildman–Crippen MR) is 165 cm³/mol. The van der Waals surface area contributed by atoms with Gasteiger partial charge in [-0.3, -0.25) is 0 Å². The van der Waals surface area contributed by atoms with Gasteiger partial charge in [-0.2, -0.15) is 0 Å². The molecule has 8 rings (SSSR count). The van der Waals surface area contributed by atoms with Crippen LogP contribution >= 0.6 is 0 Å². The Bertz CT molecular complexity index is 2780. The van der Waals surface area contributed by atoms with E-state index in [1.165, 1.54) is 6.07 Å². The van der Waals surface area contributed by atoms with Crippen LogP contribution in [-0.4, -0.2) is 0 Å². The van der Waals surface area contributed by atoms with Crippen molar-refractivity contribution in [1.29, 1.82) is 0 Å². The molecule has 0 atom stereocenters. The molecule has 1 heteroatoms. The fraction of sp³-hybridized carbons (Fsp3) is 0. The number of benzene rings is 7. The quantitative estimate of drug-likeness (QED) is 0.216. The van der Waals surface area contributed by atoms with E-state index in [0.29, 0.717) is 22.1 Å². The summed E-state index contributed by atoms with van der Waals surface area (Å²) >= 11 is 0. The zero-order valence-electron chi connectivity index (χ0n) is 33.3. The van der Waals surface area contributed by atoms with Gasteiger partial charge in [0.15, 0.2) is 0 Å². The van der Waals surface area contributed by atoms with Crippen molar-refractivity contribution in [3.63, 3.8) is 0 Å². The van der Waals surface area contributed by atoms with Crippen LogP contribution in [0.15, 0.2) is 150 Å². The van der Waals surface area contributed by atoms with Crippen molar-refractivity contribution in [2.45, 2.75) is 0 Å². The Morgan fingerprint density at radius 3 is 1.62 bits per heavy atom. The summed E-state index contributed by atoms with van der Waals surface area (Å²) in [5.74, 6) is 0. The summed E-state index contributed by atoms with van der Waals surface area (Å²) in [6.45, 7) is 0. The second kappa shape index (κ2) is 8.72.